The third-order valence-corrected chi connectivity index (χ3v) is 4.84. The van der Waals surface area contributed by atoms with Gasteiger partial charge in [-0.05, 0) is 38.9 Å². The average Bonchev–Trinajstić information content (AvgIpc) is 2.44. The van der Waals surface area contributed by atoms with Crippen molar-refractivity contribution in [1.29, 1.82) is 0 Å². The van der Waals surface area contributed by atoms with Gasteiger partial charge in [0, 0.05) is 17.8 Å². The molecule has 4 nitrogen and oxygen atoms in total. The fraction of sp³-hybridized carbons (Fsp3) is 0.692. The molecule has 1 fully saturated rings. The molecule has 2 rings (SSSR count). The van der Waals surface area contributed by atoms with Crippen molar-refractivity contribution in [1.82, 2.24) is 9.97 Å². The molecule has 0 amide bonds. The van der Waals surface area contributed by atoms with Crippen molar-refractivity contribution in [3.63, 3.8) is 0 Å². The molecule has 6 heteroatoms. The first-order valence-corrected chi connectivity index (χ1v) is 8.45. The Bertz CT molecular complexity index is 408. The van der Waals surface area contributed by atoms with Gasteiger partial charge >= 0.3 is 0 Å². The summed E-state index contributed by atoms with van der Waals surface area (Å²) in [7, 11) is 0. The topological polar surface area (TPSA) is 49.8 Å². The normalized spacial score (nSPS) is 23.1. The molecule has 1 saturated carbocycles. The van der Waals surface area contributed by atoms with Gasteiger partial charge in [-0.2, -0.15) is 16.7 Å². The molecule has 0 radical (unpaired) electrons. The Morgan fingerprint density at radius 2 is 2.11 bits per heavy atom. The van der Waals surface area contributed by atoms with Crippen molar-refractivity contribution >= 4 is 35.1 Å². The molecule has 106 valence electrons. The monoisotopic (exact) mass is 300 g/mol. The number of hydrogen-bond acceptors (Lipinski definition) is 5. The van der Waals surface area contributed by atoms with E-state index in [-0.39, 0.29) is 0 Å². The molecule has 1 aromatic rings. The van der Waals surface area contributed by atoms with Crippen molar-refractivity contribution in [3.05, 3.63) is 11.2 Å². The molecule has 0 unspecified atom stereocenters. The van der Waals surface area contributed by atoms with Crippen LogP contribution in [0.4, 0.5) is 11.8 Å². The van der Waals surface area contributed by atoms with Gasteiger partial charge < -0.3 is 10.6 Å². The number of thioether (sulfide) groups is 1. The Morgan fingerprint density at radius 1 is 1.37 bits per heavy atom. The average molecular weight is 301 g/mol. The van der Waals surface area contributed by atoms with Crippen LogP contribution in [0, 0.1) is 0 Å². The molecule has 0 saturated heterocycles. The van der Waals surface area contributed by atoms with Crippen LogP contribution in [-0.2, 0) is 0 Å². The number of nitrogens with one attached hydrogen (secondary N) is 2. The van der Waals surface area contributed by atoms with Gasteiger partial charge in [0.25, 0.3) is 0 Å². The summed E-state index contributed by atoms with van der Waals surface area (Å²) in [6.45, 7) is 2.83. The van der Waals surface area contributed by atoms with Crippen LogP contribution in [0.25, 0.3) is 0 Å². The molecule has 19 heavy (non-hydrogen) atoms. The second-order valence-corrected chi connectivity index (χ2v) is 6.32. The van der Waals surface area contributed by atoms with Gasteiger partial charge in [0.1, 0.15) is 5.02 Å². The fourth-order valence-electron chi connectivity index (χ4n) is 2.35. The fourth-order valence-corrected chi connectivity index (χ4v) is 3.24. The lowest BCUT2D eigenvalue weighted by Crippen LogP contribution is -2.27. The van der Waals surface area contributed by atoms with Crippen LogP contribution >= 0.6 is 23.4 Å². The minimum Gasteiger partial charge on any atom is -0.366 e. The van der Waals surface area contributed by atoms with Gasteiger partial charge in [-0.3, -0.25) is 0 Å². The minimum atomic E-state index is 0.477. The van der Waals surface area contributed by atoms with Gasteiger partial charge in [-0.1, -0.05) is 11.6 Å². The number of rotatable bonds is 5. The van der Waals surface area contributed by atoms with Gasteiger partial charge in [0.05, 0.1) is 6.20 Å². The lowest BCUT2D eigenvalue weighted by Gasteiger charge is -2.28. The van der Waals surface area contributed by atoms with E-state index in [1.165, 1.54) is 25.7 Å². The Labute approximate surface area is 124 Å². The predicted molar refractivity (Wildman–Crippen MR) is 84.4 cm³/mol. The Morgan fingerprint density at radius 3 is 2.74 bits per heavy atom. The maximum Gasteiger partial charge on any atom is 0.224 e. The minimum absolute atomic E-state index is 0.477. The third-order valence-electron chi connectivity index (χ3n) is 3.43. The van der Waals surface area contributed by atoms with E-state index in [9.17, 15) is 0 Å². The third kappa shape index (κ3) is 4.14. The van der Waals surface area contributed by atoms with E-state index in [4.69, 9.17) is 11.6 Å². The first-order chi connectivity index (χ1) is 9.22. The lowest BCUT2D eigenvalue weighted by atomic mass is 9.95. The van der Waals surface area contributed by atoms with E-state index >= 15 is 0 Å². The number of anilines is 2. The molecule has 1 aliphatic carbocycles. The molecule has 2 N–H and O–H groups in total. The molecule has 1 heterocycles. The molecular weight excluding hydrogens is 280 g/mol. The summed E-state index contributed by atoms with van der Waals surface area (Å²) >= 11 is 8.13. The van der Waals surface area contributed by atoms with Crippen molar-refractivity contribution in [2.24, 2.45) is 0 Å². The zero-order valence-electron chi connectivity index (χ0n) is 11.4. The highest BCUT2D eigenvalue weighted by Crippen LogP contribution is 2.30. The quantitative estimate of drug-likeness (QED) is 0.869. The number of aromatic nitrogens is 2. The molecule has 1 aliphatic rings. The van der Waals surface area contributed by atoms with Crippen LogP contribution in [0.2, 0.25) is 5.02 Å². The molecule has 1 aromatic heterocycles. The van der Waals surface area contributed by atoms with E-state index in [1.807, 2.05) is 18.7 Å². The molecular formula is C13H21ClN4S. The molecule has 0 spiro atoms. The van der Waals surface area contributed by atoms with Crippen molar-refractivity contribution in [3.8, 4) is 0 Å². The predicted octanol–water partition coefficient (Wildman–Crippen LogP) is 3.65. The van der Waals surface area contributed by atoms with Gasteiger partial charge in [0.15, 0.2) is 5.82 Å². The number of hydrogen-bond donors (Lipinski definition) is 2. The van der Waals surface area contributed by atoms with Gasteiger partial charge in [-0.15, -0.1) is 0 Å². The second kappa shape index (κ2) is 7.20. The first-order valence-electron chi connectivity index (χ1n) is 6.78. The smallest absolute Gasteiger partial charge is 0.224 e. The number of nitrogens with zero attached hydrogens (tertiary/aromatic N) is 2. The standard InChI is InChI=1S/C13H21ClN4S/c1-3-15-13-16-8-11(14)12(18-13)17-9-4-6-10(19-2)7-5-9/h8-10H,3-7H2,1-2H3,(H2,15,16,17,18). The lowest BCUT2D eigenvalue weighted by molar-refractivity contribution is 0.472. The van der Waals surface area contributed by atoms with E-state index in [0.717, 1.165) is 17.6 Å². The van der Waals surface area contributed by atoms with E-state index in [2.05, 4.69) is 26.9 Å². The summed E-state index contributed by atoms with van der Waals surface area (Å²) in [4.78, 5) is 8.57. The van der Waals surface area contributed by atoms with E-state index in [0.29, 0.717) is 17.0 Å². The SMILES string of the molecule is CCNc1ncc(Cl)c(NC2CCC(SC)CC2)n1. The Kier molecular flexibility index (Phi) is 5.58. The van der Waals surface area contributed by atoms with Crippen LogP contribution in [-0.4, -0.2) is 34.1 Å². The summed E-state index contributed by atoms with van der Waals surface area (Å²) in [5.74, 6) is 1.38. The maximum atomic E-state index is 6.15. The van der Waals surface area contributed by atoms with Crippen LogP contribution in [0.5, 0.6) is 0 Å². The van der Waals surface area contributed by atoms with Crippen molar-refractivity contribution in [2.75, 3.05) is 23.4 Å². The van der Waals surface area contributed by atoms with Crippen LogP contribution < -0.4 is 10.6 Å². The van der Waals surface area contributed by atoms with E-state index < -0.39 is 0 Å². The summed E-state index contributed by atoms with van der Waals surface area (Å²) in [5, 5.41) is 7.97. The van der Waals surface area contributed by atoms with Crippen LogP contribution in [0.3, 0.4) is 0 Å². The molecule has 0 bridgehead atoms. The summed E-state index contributed by atoms with van der Waals surface area (Å²) < 4.78 is 0. The molecule has 0 aromatic carbocycles. The van der Waals surface area contributed by atoms with Gasteiger partial charge in [-0.25, -0.2) is 4.98 Å². The van der Waals surface area contributed by atoms with Crippen molar-refractivity contribution < 1.29 is 0 Å². The summed E-state index contributed by atoms with van der Waals surface area (Å²) in [6.07, 6.45) is 8.75. The zero-order chi connectivity index (χ0) is 13.7. The second-order valence-electron chi connectivity index (χ2n) is 4.77. The van der Waals surface area contributed by atoms with Crippen molar-refractivity contribution in [2.45, 2.75) is 43.9 Å². The zero-order valence-corrected chi connectivity index (χ0v) is 13.0. The maximum absolute atomic E-state index is 6.15. The molecule has 0 aliphatic heterocycles. The van der Waals surface area contributed by atoms with Crippen LogP contribution in [0.15, 0.2) is 6.20 Å². The van der Waals surface area contributed by atoms with E-state index in [1.54, 1.807) is 6.20 Å². The number of halogens is 1. The largest absolute Gasteiger partial charge is 0.366 e. The highest BCUT2D eigenvalue weighted by atomic mass is 35.5. The summed E-state index contributed by atoms with van der Waals surface area (Å²) in [5.41, 5.74) is 0. The Balaban J connectivity index is 1.96. The Hall–Kier alpha value is -0.680. The highest BCUT2D eigenvalue weighted by molar-refractivity contribution is 7.99. The first kappa shape index (κ1) is 14.7. The van der Waals surface area contributed by atoms with Gasteiger partial charge in [0.2, 0.25) is 5.95 Å². The molecule has 0 atom stereocenters. The highest BCUT2D eigenvalue weighted by Gasteiger charge is 2.21. The van der Waals surface area contributed by atoms with Crippen LogP contribution in [0.1, 0.15) is 32.6 Å². The summed E-state index contributed by atoms with van der Waals surface area (Å²) in [6, 6.07) is 0.477.